The molecule has 0 saturated heterocycles. The molecule has 0 spiro atoms. The van der Waals surface area contributed by atoms with Crippen molar-refractivity contribution in [3.05, 3.63) is 32.4 Å². The SMILES string of the molecule is CCCCCCC(O)c1cc(Cl)ccc1I. The molecule has 0 heterocycles. The van der Waals surface area contributed by atoms with Gasteiger partial charge in [-0.15, -0.1) is 0 Å². The molecular formula is C13H18ClIO. The smallest absolute Gasteiger partial charge is 0.0800 e. The van der Waals surface area contributed by atoms with Crippen LogP contribution in [-0.2, 0) is 0 Å². The van der Waals surface area contributed by atoms with Gasteiger partial charge in [0.1, 0.15) is 0 Å². The highest BCUT2D eigenvalue weighted by Crippen LogP contribution is 2.27. The standard InChI is InChI=1S/C13H18ClIO/c1-2-3-4-5-6-13(16)11-9-10(14)7-8-12(11)15/h7-9,13,16H,2-6H2,1H3. The number of rotatable bonds is 6. The molecule has 1 N–H and O–H groups in total. The van der Waals surface area contributed by atoms with Crippen LogP contribution in [0.15, 0.2) is 18.2 Å². The first-order valence-electron chi connectivity index (χ1n) is 5.78. The van der Waals surface area contributed by atoms with Crippen molar-refractivity contribution >= 4 is 34.2 Å². The molecule has 16 heavy (non-hydrogen) atoms. The Balaban J connectivity index is 2.51. The second kappa shape index (κ2) is 7.51. The lowest BCUT2D eigenvalue weighted by Gasteiger charge is -2.13. The molecule has 1 rings (SSSR count). The predicted octanol–water partition coefficient (Wildman–Crippen LogP) is 4.95. The van der Waals surface area contributed by atoms with E-state index in [0.717, 1.165) is 22.0 Å². The van der Waals surface area contributed by atoms with Gasteiger partial charge in [0.2, 0.25) is 0 Å². The van der Waals surface area contributed by atoms with Crippen LogP contribution in [0.3, 0.4) is 0 Å². The van der Waals surface area contributed by atoms with Crippen molar-refractivity contribution in [2.45, 2.75) is 45.1 Å². The van der Waals surface area contributed by atoms with Gasteiger partial charge in [0.25, 0.3) is 0 Å². The summed E-state index contributed by atoms with van der Waals surface area (Å²) < 4.78 is 1.09. The van der Waals surface area contributed by atoms with Gasteiger partial charge in [0, 0.05) is 8.59 Å². The Morgan fingerprint density at radius 1 is 1.31 bits per heavy atom. The zero-order chi connectivity index (χ0) is 12.0. The normalized spacial score (nSPS) is 12.8. The van der Waals surface area contributed by atoms with Gasteiger partial charge in [0.05, 0.1) is 6.10 Å². The summed E-state index contributed by atoms with van der Waals surface area (Å²) in [6, 6.07) is 5.68. The Bertz CT molecular complexity index is 328. The highest BCUT2D eigenvalue weighted by Gasteiger charge is 2.11. The van der Waals surface area contributed by atoms with Gasteiger partial charge in [-0.2, -0.15) is 0 Å². The quantitative estimate of drug-likeness (QED) is 0.567. The zero-order valence-corrected chi connectivity index (χ0v) is 12.5. The first kappa shape index (κ1) is 14.3. The minimum Gasteiger partial charge on any atom is -0.388 e. The van der Waals surface area contributed by atoms with Gasteiger partial charge < -0.3 is 5.11 Å². The fourth-order valence-corrected chi connectivity index (χ4v) is 2.57. The maximum Gasteiger partial charge on any atom is 0.0800 e. The lowest BCUT2D eigenvalue weighted by atomic mass is 10.0. The first-order chi connectivity index (χ1) is 7.65. The molecule has 1 nitrogen and oxygen atoms in total. The molecule has 0 fully saturated rings. The van der Waals surface area contributed by atoms with Gasteiger partial charge in [-0.25, -0.2) is 0 Å². The molecule has 0 aliphatic heterocycles. The Morgan fingerprint density at radius 2 is 2.06 bits per heavy atom. The highest BCUT2D eigenvalue weighted by atomic mass is 127. The molecule has 1 unspecified atom stereocenters. The monoisotopic (exact) mass is 352 g/mol. The summed E-state index contributed by atoms with van der Waals surface area (Å²) >= 11 is 8.17. The van der Waals surface area contributed by atoms with E-state index < -0.39 is 0 Å². The molecule has 0 saturated carbocycles. The Kier molecular flexibility index (Phi) is 6.70. The fraction of sp³-hybridized carbons (Fsp3) is 0.538. The first-order valence-corrected chi connectivity index (χ1v) is 7.23. The Hall–Kier alpha value is 0.200. The lowest BCUT2D eigenvalue weighted by molar-refractivity contribution is 0.162. The number of halogens is 2. The van der Waals surface area contributed by atoms with Gasteiger partial charge in [-0.05, 0) is 52.8 Å². The molecule has 1 atom stereocenters. The number of hydrogen-bond acceptors (Lipinski definition) is 1. The van der Waals surface area contributed by atoms with E-state index in [1.54, 1.807) is 0 Å². The molecule has 90 valence electrons. The predicted molar refractivity (Wildman–Crippen MR) is 77.9 cm³/mol. The second-order valence-corrected chi connectivity index (χ2v) is 5.63. The van der Waals surface area contributed by atoms with Crippen molar-refractivity contribution in [2.24, 2.45) is 0 Å². The Labute approximate surface area is 116 Å². The molecule has 1 aromatic carbocycles. The molecule has 0 aromatic heterocycles. The van der Waals surface area contributed by atoms with E-state index in [9.17, 15) is 5.11 Å². The van der Waals surface area contributed by atoms with Crippen molar-refractivity contribution < 1.29 is 5.11 Å². The molecule has 3 heteroatoms. The van der Waals surface area contributed by atoms with E-state index in [-0.39, 0.29) is 6.10 Å². The maximum atomic E-state index is 10.1. The molecule has 0 aliphatic carbocycles. The van der Waals surface area contributed by atoms with Crippen LogP contribution < -0.4 is 0 Å². The fourth-order valence-electron chi connectivity index (χ4n) is 1.69. The second-order valence-electron chi connectivity index (χ2n) is 4.03. The van der Waals surface area contributed by atoms with Crippen molar-refractivity contribution in [1.29, 1.82) is 0 Å². The van der Waals surface area contributed by atoms with Crippen LogP contribution in [-0.4, -0.2) is 5.11 Å². The number of unbranched alkanes of at least 4 members (excludes halogenated alkanes) is 3. The molecule has 1 aromatic rings. The van der Waals surface area contributed by atoms with E-state index in [4.69, 9.17) is 11.6 Å². The van der Waals surface area contributed by atoms with Gasteiger partial charge in [-0.3, -0.25) is 0 Å². The van der Waals surface area contributed by atoms with E-state index >= 15 is 0 Å². The van der Waals surface area contributed by atoms with Crippen LogP contribution in [0.4, 0.5) is 0 Å². The molecular weight excluding hydrogens is 334 g/mol. The zero-order valence-electron chi connectivity index (χ0n) is 9.55. The summed E-state index contributed by atoms with van der Waals surface area (Å²) in [6.07, 6.45) is 5.21. The lowest BCUT2D eigenvalue weighted by Crippen LogP contribution is -2.00. The maximum absolute atomic E-state index is 10.1. The third-order valence-electron chi connectivity index (χ3n) is 2.65. The van der Waals surface area contributed by atoms with Crippen molar-refractivity contribution in [2.75, 3.05) is 0 Å². The summed E-state index contributed by atoms with van der Waals surface area (Å²) in [5.41, 5.74) is 0.963. The van der Waals surface area contributed by atoms with Crippen LogP contribution in [0.1, 0.15) is 50.7 Å². The average molecular weight is 353 g/mol. The van der Waals surface area contributed by atoms with E-state index in [1.165, 1.54) is 19.3 Å². The van der Waals surface area contributed by atoms with Gasteiger partial charge in [0.15, 0.2) is 0 Å². The summed E-state index contributed by atoms with van der Waals surface area (Å²) in [5.74, 6) is 0. The summed E-state index contributed by atoms with van der Waals surface area (Å²) in [6.45, 7) is 2.19. The minimum absolute atomic E-state index is 0.373. The number of hydrogen-bond donors (Lipinski definition) is 1. The Morgan fingerprint density at radius 3 is 2.75 bits per heavy atom. The van der Waals surface area contributed by atoms with E-state index in [1.807, 2.05) is 18.2 Å². The average Bonchev–Trinajstić information content (AvgIpc) is 2.27. The van der Waals surface area contributed by atoms with Crippen LogP contribution in [0, 0.1) is 3.57 Å². The summed E-state index contributed by atoms with van der Waals surface area (Å²) in [5, 5.41) is 10.8. The third kappa shape index (κ3) is 4.60. The number of aliphatic hydroxyl groups excluding tert-OH is 1. The van der Waals surface area contributed by atoms with Crippen LogP contribution in [0.5, 0.6) is 0 Å². The minimum atomic E-state index is -0.373. The molecule has 0 amide bonds. The molecule has 0 bridgehead atoms. The van der Waals surface area contributed by atoms with Gasteiger partial charge in [-0.1, -0.05) is 44.2 Å². The van der Waals surface area contributed by atoms with Crippen molar-refractivity contribution in [3.63, 3.8) is 0 Å². The highest BCUT2D eigenvalue weighted by molar-refractivity contribution is 14.1. The number of aliphatic hydroxyl groups is 1. The van der Waals surface area contributed by atoms with Crippen molar-refractivity contribution in [3.8, 4) is 0 Å². The van der Waals surface area contributed by atoms with E-state index in [0.29, 0.717) is 5.02 Å². The molecule has 0 radical (unpaired) electrons. The van der Waals surface area contributed by atoms with Crippen LogP contribution in [0.25, 0.3) is 0 Å². The topological polar surface area (TPSA) is 20.2 Å². The van der Waals surface area contributed by atoms with E-state index in [2.05, 4.69) is 29.5 Å². The number of benzene rings is 1. The van der Waals surface area contributed by atoms with Crippen molar-refractivity contribution in [1.82, 2.24) is 0 Å². The van der Waals surface area contributed by atoms with Crippen LogP contribution in [0.2, 0.25) is 5.02 Å². The molecule has 0 aliphatic rings. The van der Waals surface area contributed by atoms with Crippen LogP contribution >= 0.6 is 34.2 Å². The van der Waals surface area contributed by atoms with Gasteiger partial charge >= 0.3 is 0 Å². The summed E-state index contributed by atoms with van der Waals surface area (Å²) in [7, 11) is 0. The summed E-state index contributed by atoms with van der Waals surface area (Å²) in [4.78, 5) is 0. The largest absolute Gasteiger partial charge is 0.388 e. The third-order valence-corrected chi connectivity index (χ3v) is 3.87.